The predicted octanol–water partition coefficient (Wildman–Crippen LogP) is 2.48. The summed E-state index contributed by atoms with van der Waals surface area (Å²) < 4.78 is 5.56. The molecule has 0 amide bonds. The molecule has 1 N–H and O–H groups in total. The molecular weight excluding hydrogens is 200 g/mol. The van der Waals surface area contributed by atoms with Crippen molar-refractivity contribution in [2.45, 2.75) is 51.0 Å². The number of nitriles is 1. The van der Waals surface area contributed by atoms with Crippen molar-refractivity contribution in [1.82, 2.24) is 5.32 Å². The number of rotatable bonds is 9. The van der Waals surface area contributed by atoms with E-state index < -0.39 is 0 Å². The molecule has 0 bridgehead atoms. The van der Waals surface area contributed by atoms with E-state index in [1.165, 1.54) is 19.3 Å². The fourth-order valence-electron chi connectivity index (χ4n) is 1.68. The zero-order chi connectivity index (χ0) is 11.9. The highest BCUT2D eigenvalue weighted by Gasteiger charge is 2.21. The Morgan fingerprint density at radius 1 is 1.38 bits per heavy atom. The summed E-state index contributed by atoms with van der Waals surface area (Å²) in [6, 6.07) is 2.30. The molecule has 1 unspecified atom stereocenters. The molecule has 0 saturated heterocycles. The normalized spacial score (nSPS) is 19.1. The van der Waals surface area contributed by atoms with E-state index in [9.17, 15) is 0 Å². The lowest BCUT2D eigenvalue weighted by Crippen LogP contribution is -2.37. The van der Waals surface area contributed by atoms with Gasteiger partial charge in [-0.3, -0.25) is 0 Å². The maximum atomic E-state index is 8.95. The smallest absolute Gasteiger partial charge is 0.103 e. The van der Waals surface area contributed by atoms with Crippen LogP contribution in [0.25, 0.3) is 0 Å². The molecule has 0 aromatic rings. The monoisotopic (exact) mass is 224 g/mol. The second kappa shape index (κ2) is 6.88. The van der Waals surface area contributed by atoms with Crippen LogP contribution in [-0.4, -0.2) is 25.8 Å². The number of nitrogens with one attached hydrogen (secondary N) is 1. The van der Waals surface area contributed by atoms with E-state index in [2.05, 4.69) is 11.4 Å². The van der Waals surface area contributed by atoms with Crippen molar-refractivity contribution >= 4 is 0 Å². The van der Waals surface area contributed by atoms with Gasteiger partial charge >= 0.3 is 0 Å². The summed E-state index contributed by atoms with van der Waals surface area (Å²) in [5.41, 5.74) is -0.367. The van der Waals surface area contributed by atoms with E-state index in [1.807, 2.05) is 14.0 Å². The minimum Gasteiger partial charge on any atom is -0.381 e. The van der Waals surface area contributed by atoms with Crippen LogP contribution >= 0.6 is 0 Å². The third-order valence-electron chi connectivity index (χ3n) is 3.38. The molecule has 92 valence electrons. The molecule has 0 heterocycles. The van der Waals surface area contributed by atoms with Crippen LogP contribution in [0.1, 0.15) is 45.4 Å². The SMILES string of the molecule is CNC(C)(C#N)CCCCOCCC1CC1. The van der Waals surface area contributed by atoms with Crippen LogP contribution in [0.3, 0.4) is 0 Å². The lowest BCUT2D eigenvalue weighted by molar-refractivity contribution is 0.123. The standard InChI is InChI=1S/C13H24N2O/c1-13(11-14,15-2)8-3-4-9-16-10-7-12-5-6-12/h12,15H,3-10H2,1-2H3. The average Bonchev–Trinajstić information content (AvgIpc) is 3.11. The highest BCUT2D eigenvalue weighted by atomic mass is 16.5. The molecule has 1 aliphatic rings. The second-order valence-electron chi connectivity index (χ2n) is 5.00. The van der Waals surface area contributed by atoms with Crippen molar-refractivity contribution in [2.75, 3.05) is 20.3 Å². The zero-order valence-corrected chi connectivity index (χ0v) is 10.6. The molecule has 0 aromatic heterocycles. The molecule has 0 aliphatic heterocycles. The van der Waals surface area contributed by atoms with Gasteiger partial charge in [0.2, 0.25) is 0 Å². The summed E-state index contributed by atoms with van der Waals surface area (Å²) in [5.74, 6) is 0.964. The van der Waals surface area contributed by atoms with Gasteiger partial charge in [0.1, 0.15) is 5.54 Å². The van der Waals surface area contributed by atoms with Crippen molar-refractivity contribution in [1.29, 1.82) is 5.26 Å². The third kappa shape index (κ3) is 5.48. The minimum atomic E-state index is -0.367. The van der Waals surface area contributed by atoms with Crippen LogP contribution in [0, 0.1) is 17.2 Å². The number of hydrogen-bond acceptors (Lipinski definition) is 3. The molecular formula is C13H24N2O. The van der Waals surface area contributed by atoms with Gasteiger partial charge in [0.05, 0.1) is 6.07 Å². The van der Waals surface area contributed by atoms with Crippen LogP contribution in [0.15, 0.2) is 0 Å². The molecule has 1 atom stereocenters. The Hall–Kier alpha value is -0.590. The second-order valence-corrected chi connectivity index (χ2v) is 5.00. The van der Waals surface area contributed by atoms with Gasteiger partial charge < -0.3 is 10.1 Å². The molecule has 0 aromatic carbocycles. The maximum Gasteiger partial charge on any atom is 0.103 e. The first-order valence-electron chi connectivity index (χ1n) is 6.38. The van der Waals surface area contributed by atoms with Gasteiger partial charge in [-0.2, -0.15) is 5.26 Å². The van der Waals surface area contributed by atoms with Crippen molar-refractivity contribution in [3.8, 4) is 6.07 Å². The summed E-state index contributed by atoms with van der Waals surface area (Å²) >= 11 is 0. The average molecular weight is 224 g/mol. The van der Waals surface area contributed by atoms with Crippen LogP contribution < -0.4 is 5.32 Å². The first-order chi connectivity index (χ1) is 7.70. The fraction of sp³-hybridized carbons (Fsp3) is 0.923. The van der Waals surface area contributed by atoms with Crippen LogP contribution in [0.4, 0.5) is 0 Å². The van der Waals surface area contributed by atoms with Gasteiger partial charge in [-0.1, -0.05) is 12.8 Å². The number of hydrogen-bond donors (Lipinski definition) is 1. The van der Waals surface area contributed by atoms with Gasteiger partial charge in [-0.15, -0.1) is 0 Å². The quantitative estimate of drug-likeness (QED) is 0.612. The lowest BCUT2D eigenvalue weighted by atomic mass is 9.97. The van der Waals surface area contributed by atoms with Crippen LogP contribution in [-0.2, 0) is 4.74 Å². The van der Waals surface area contributed by atoms with Crippen LogP contribution in [0.5, 0.6) is 0 Å². The summed E-state index contributed by atoms with van der Waals surface area (Å²) in [4.78, 5) is 0. The van der Waals surface area contributed by atoms with E-state index in [4.69, 9.17) is 10.00 Å². The lowest BCUT2D eigenvalue weighted by Gasteiger charge is -2.20. The van der Waals surface area contributed by atoms with E-state index in [0.29, 0.717) is 0 Å². The molecule has 0 spiro atoms. The molecule has 1 fully saturated rings. The number of unbranched alkanes of at least 4 members (excludes halogenated alkanes) is 1. The topological polar surface area (TPSA) is 45.0 Å². The van der Waals surface area contributed by atoms with E-state index in [0.717, 1.165) is 38.4 Å². The highest BCUT2D eigenvalue weighted by Crippen LogP contribution is 2.32. The maximum absolute atomic E-state index is 8.95. The molecule has 1 rings (SSSR count). The Morgan fingerprint density at radius 2 is 2.12 bits per heavy atom. The summed E-state index contributed by atoms with van der Waals surface area (Å²) in [5, 5.41) is 12.0. The Kier molecular flexibility index (Phi) is 5.79. The van der Waals surface area contributed by atoms with Crippen molar-refractivity contribution in [3.63, 3.8) is 0 Å². The van der Waals surface area contributed by atoms with Crippen LogP contribution in [0.2, 0.25) is 0 Å². The van der Waals surface area contributed by atoms with Gasteiger partial charge in [0.25, 0.3) is 0 Å². The largest absolute Gasteiger partial charge is 0.381 e. The van der Waals surface area contributed by atoms with E-state index >= 15 is 0 Å². The molecule has 1 saturated carbocycles. The molecule has 3 nitrogen and oxygen atoms in total. The molecule has 0 radical (unpaired) electrons. The Bertz CT molecular complexity index is 233. The predicted molar refractivity (Wildman–Crippen MR) is 65.1 cm³/mol. The molecule has 3 heteroatoms. The zero-order valence-electron chi connectivity index (χ0n) is 10.6. The Labute approximate surface area is 99.2 Å². The van der Waals surface area contributed by atoms with Gasteiger partial charge in [0.15, 0.2) is 0 Å². The van der Waals surface area contributed by atoms with Gasteiger partial charge in [-0.05, 0) is 45.6 Å². The highest BCUT2D eigenvalue weighted by molar-refractivity contribution is 5.02. The van der Waals surface area contributed by atoms with E-state index in [-0.39, 0.29) is 5.54 Å². The number of nitrogens with zero attached hydrogens (tertiary/aromatic N) is 1. The summed E-state index contributed by atoms with van der Waals surface area (Å²) in [6.45, 7) is 3.71. The first kappa shape index (κ1) is 13.5. The molecule has 16 heavy (non-hydrogen) atoms. The number of ether oxygens (including phenoxy) is 1. The minimum absolute atomic E-state index is 0.367. The van der Waals surface area contributed by atoms with Gasteiger partial charge in [0, 0.05) is 13.2 Å². The van der Waals surface area contributed by atoms with E-state index in [1.54, 1.807) is 0 Å². The van der Waals surface area contributed by atoms with Gasteiger partial charge in [-0.25, -0.2) is 0 Å². The van der Waals surface area contributed by atoms with Crippen molar-refractivity contribution in [2.24, 2.45) is 5.92 Å². The fourth-order valence-corrected chi connectivity index (χ4v) is 1.68. The molecule has 1 aliphatic carbocycles. The van der Waals surface area contributed by atoms with Crippen molar-refractivity contribution in [3.05, 3.63) is 0 Å². The Morgan fingerprint density at radius 3 is 2.69 bits per heavy atom. The first-order valence-corrected chi connectivity index (χ1v) is 6.38. The summed E-state index contributed by atoms with van der Waals surface area (Å²) in [6.07, 6.45) is 7.06. The Balaban J connectivity index is 1.88. The summed E-state index contributed by atoms with van der Waals surface area (Å²) in [7, 11) is 1.84. The third-order valence-corrected chi connectivity index (χ3v) is 3.38. The van der Waals surface area contributed by atoms with Crippen molar-refractivity contribution < 1.29 is 4.74 Å².